The molecule has 0 atom stereocenters. The van der Waals surface area contributed by atoms with Crippen molar-refractivity contribution in [2.45, 2.75) is 15.4 Å². The quantitative estimate of drug-likeness (QED) is 0.627. The predicted octanol–water partition coefficient (Wildman–Crippen LogP) is 0.748. The van der Waals surface area contributed by atoms with E-state index < -0.39 is 54.3 Å². The SMILES string of the molecule is O=C1CN(S(=O)(=O)c2cccc(NC(=O)c3cccnc3S(=O)(=O)C(F)(F)F)c2)CCN1. The van der Waals surface area contributed by atoms with Crippen LogP contribution in [-0.2, 0) is 24.7 Å². The van der Waals surface area contributed by atoms with Crippen LogP contribution in [0.3, 0.4) is 0 Å². The molecule has 172 valence electrons. The lowest BCUT2D eigenvalue weighted by atomic mass is 10.2. The number of amides is 2. The number of alkyl halides is 3. The normalized spacial score (nSPS) is 15.8. The molecule has 0 saturated carbocycles. The van der Waals surface area contributed by atoms with E-state index in [1.54, 1.807) is 0 Å². The molecule has 1 aliphatic heterocycles. The number of piperazine rings is 1. The number of anilines is 1. The molecule has 0 spiro atoms. The number of sulfone groups is 1. The van der Waals surface area contributed by atoms with Crippen LogP contribution in [0.5, 0.6) is 0 Å². The monoisotopic (exact) mass is 492 g/mol. The van der Waals surface area contributed by atoms with Crippen molar-refractivity contribution in [1.82, 2.24) is 14.6 Å². The average Bonchev–Trinajstić information content (AvgIpc) is 2.73. The van der Waals surface area contributed by atoms with Crippen LogP contribution in [0.2, 0.25) is 0 Å². The Kier molecular flexibility index (Phi) is 6.26. The maximum atomic E-state index is 12.9. The fraction of sp³-hybridized carbons (Fsp3) is 0.235. The lowest BCUT2D eigenvalue weighted by Gasteiger charge is -2.26. The highest BCUT2D eigenvalue weighted by Gasteiger charge is 2.49. The minimum Gasteiger partial charge on any atom is -0.354 e. The molecule has 0 bridgehead atoms. The molecule has 2 aromatic rings. The van der Waals surface area contributed by atoms with E-state index in [0.717, 1.165) is 28.7 Å². The van der Waals surface area contributed by atoms with Gasteiger partial charge in [-0.15, -0.1) is 0 Å². The third-order valence-electron chi connectivity index (χ3n) is 4.31. The summed E-state index contributed by atoms with van der Waals surface area (Å²) in [4.78, 5) is 26.9. The van der Waals surface area contributed by atoms with E-state index in [9.17, 15) is 39.6 Å². The largest absolute Gasteiger partial charge is 0.503 e. The molecule has 1 saturated heterocycles. The highest BCUT2D eigenvalue weighted by atomic mass is 32.2. The first-order valence-corrected chi connectivity index (χ1v) is 11.7. The third-order valence-corrected chi connectivity index (χ3v) is 7.59. The van der Waals surface area contributed by atoms with Gasteiger partial charge in [-0.1, -0.05) is 6.07 Å². The first-order chi connectivity index (χ1) is 14.8. The van der Waals surface area contributed by atoms with Crippen LogP contribution in [-0.4, -0.2) is 63.1 Å². The number of hydrogen-bond donors (Lipinski definition) is 2. The molecule has 1 aromatic heterocycles. The highest BCUT2D eigenvalue weighted by Crippen LogP contribution is 2.31. The lowest BCUT2D eigenvalue weighted by Crippen LogP contribution is -2.49. The number of benzene rings is 1. The Labute approximate surface area is 180 Å². The smallest absolute Gasteiger partial charge is 0.354 e. The fourth-order valence-electron chi connectivity index (χ4n) is 2.79. The molecule has 2 N–H and O–H groups in total. The topological polar surface area (TPSA) is 143 Å². The first kappa shape index (κ1) is 23.6. The van der Waals surface area contributed by atoms with Gasteiger partial charge >= 0.3 is 5.51 Å². The van der Waals surface area contributed by atoms with Gasteiger partial charge in [0.15, 0.2) is 5.03 Å². The van der Waals surface area contributed by atoms with Crippen LogP contribution in [0.25, 0.3) is 0 Å². The molecule has 15 heteroatoms. The summed E-state index contributed by atoms with van der Waals surface area (Å²) in [5.74, 6) is -1.73. The number of rotatable bonds is 5. The van der Waals surface area contributed by atoms with Crippen LogP contribution in [0.15, 0.2) is 52.5 Å². The van der Waals surface area contributed by atoms with Crippen molar-refractivity contribution in [1.29, 1.82) is 0 Å². The Balaban J connectivity index is 1.91. The van der Waals surface area contributed by atoms with Gasteiger partial charge in [-0.3, -0.25) is 9.59 Å². The second-order valence-electron chi connectivity index (χ2n) is 6.48. The summed E-state index contributed by atoms with van der Waals surface area (Å²) in [5.41, 5.74) is -6.67. The summed E-state index contributed by atoms with van der Waals surface area (Å²) >= 11 is 0. The van der Waals surface area contributed by atoms with Crippen molar-refractivity contribution in [3.63, 3.8) is 0 Å². The summed E-state index contributed by atoms with van der Waals surface area (Å²) in [6.45, 7) is -0.252. The minimum absolute atomic E-state index is 0.0268. The van der Waals surface area contributed by atoms with Crippen LogP contribution in [0.4, 0.5) is 18.9 Å². The second kappa shape index (κ2) is 8.48. The molecule has 2 amide bonds. The van der Waals surface area contributed by atoms with Crippen molar-refractivity contribution in [3.8, 4) is 0 Å². The van der Waals surface area contributed by atoms with E-state index in [1.165, 1.54) is 18.2 Å². The summed E-state index contributed by atoms with van der Waals surface area (Å²) in [6, 6.07) is 6.69. The Morgan fingerprint density at radius 1 is 1.12 bits per heavy atom. The zero-order valence-electron chi connectivity index (χ0n) is 16.0. The van der Waals surface area contributed by atoms with Gasteiger partial charge in [0.1, 0.15) is 0 Å². The Morgan fingerprint density at radius 3 is 2.50 bits per heavy atom. The summed E-state index contributed by atoms with van der Waals surface area (Å²) in [6.07, 6.45) is 0.789. The Hall–Kier alpha value is -3.04. The van der Waals surface area contributed by atoms with Gasteiger partial charge in [-0.2, -0.15) is 17.5 Å². The first-order valence-electron chi connectivity index (χ1n) is 8.78. The number of carbonyl (C=O) groups excluding carboxylic acids is 2. The molecule has 32 heavy (non-hydrogen) atoms. The number of sulfonamides is 1. The predicted molar refractivity (Wildman–Crippen MR) is 104 cm³/mol. The maximum Gasteiger partial charge on any atom is 0.503 e. The number of hydrogen-bond acceptors (Lipinski definition) is 7. The minimum atomic E-state index is -5.91. The van der Waals surface area contributed by atoms with E-state index in [2.05, 4.69) is 15.6 Å². The van der Waals surface area contributed by atoms with Crippen molar-refractivity contribution in [3.05, 3.63) is 48.2 Å². The average molecular weight is 492 g/mol. The highest BCUT2D eigenvalue weighted by molar-refractivity contribution is 7.92. The van der Waals surface area contributed by atoms with Crippen molar-refractivity contribution in [2.24, 2.45) is 0 Å². The Morgan fingerprint density at radius 2 is 1.84 bits per heavy atom. The summed E-state index contributed by atoms with van der Waals surface area (Å²) in [7, 11) is -10.0. The molecule has 1 aliphatic rings. The van der Waals surface area contributed by atoms with Crippen molar-refractivity contribution in [2.75, 3.05) is 25.0 Å². The van der Waals surface area contributed by atoms with Crippen LogP contribution < -0.4 is 10.6 Å². The molecule has 0 unspecified atom stereocenters. The van der Waals surface area contributed by atoms with E-state index in [1.807, 2.05) is 0 Å². The van der Waals surface area contributed by atoms with Crippen LogP contribution in [0, 0.1) is 0 Å². The molecule has 10 nitrogen and oxygen atoms in total. The van der Waals surface area contributed by atoms with Crippen molar-refractivity contribution < 1.29 is 39.6 Å². The van der Waals surface area contributed by atoms with E-state index in [-0.39, 0.29) is 23.7 Å². The summed E-state index contributed by atoms with van der Waals surface area (Å²) < 4.78 is 88.7. The van der Waals surface area contributed by atoms with Gasteiger partial charge < -0.3 is 10.6 Å². The molecule has 3 rings (SSSR count). The fourth-order valence-corrected chi connectivity index (χ4v) is 5.10. The molecular formula is C17H15F3N4O6S2. The standard InChI is InChI=1S/C17H15F3N4O6S2/c18-17(19,20)31(27,28)16-13(5-2-6-22-16)15(26)23-11-3-1-4-12(9-11)32(29,30)24-8-7-21-14(25)10-24/h1-6,9H,7-8,10H2,(H,21,25)(H,23,26). The van der Waals surface area contributed by atoms with Gasteiger partial charge in [-0.05, 0) is 30.3 Å². The zero-order valence-corrected chi connectivity index (χ0v) is 17.6. The Bertz CT molecular complexity index is 1280. The maximum absolute atomic E-state index is 12.9. The van der Waals surface area contributed by atoms with Gasteiger partial charge in [0.2, 0.25) is 15.9 Å². The number of pyridine rings is 1. The van der Waals surface area contributed by atoms with Gasteiger partial charge in [0.25, 0.3) is 15.7 Å². The molecular weight excluding hydrogens is 477 g/mol. The molecule has 0 aliphatic carbocycles. The van der Waals surface area contributed by atoms with Gasteiger partial charge in [0.05, 0.1) is 17.0 Å². The van der Waals surface area contributed by atoms with E-state index in [0.29, 0.717) is 0 Å². The second-order valence-corrected chi connectivity index (χ2v) is 10.3. The van der Waals surface area contributed by atoms with E-state index in [4.69, 9.17) is 0 Å². The lowest BCUT2D eigenvalue weighted by molar-refractivity contribution is -0.122. The molecule has 1 fully saturated rings. The zero-order chi connectivity index (χ0) is 23.7. The molecule has 0 radical (unpaired) electrons. The number of halogens is 3. The number of aromatic nitrogens is 1. The number of carbonyl (C=O) groups is 2. The number of nitrogens with one attached hydrogen (secondary N) is 2. The molecule has 1 aromatic carbocycles. The molecule has 2 heterocycles. The number of nitrogens with zero attached hydrogens (tertiary/aromatic N) is 2. The third kappa shape index (κ3) is 4.58. The van der Waals surface area contributed by atoms with Gasteiger partial charge in [0, 0.05) is 25.0 Å². The van der Waals surface area contributed by atoms with Crippen molar-refractivity contribution >= 4 is 37.4 Å². The summed E-state index contributed by atoms with van der Waals surface area (Å²) in [5, 5.41) is 3.18. The van der Waals surface area contributed by atoms with E-state index >= 15 is 0 Å². The van der Waals surface area contributed by atoms with Crippen LogP contribution in [0.1, 0.15) is 10.4 Å². The van der Waals surface area contributed by atoms with Crippen LogP contribution >= 0.6 is 0 Å². The van der Waals surface area contributed by atoms with Gasteiger partial charge in [-0.25, -0.2) is 21.8 Å².